The molecule has 3 aromatic rings. The smallest absolute Gasteiger partial charge is 0.250 e. The molecule has 1 aliphatic rings. The lowest BCUT2D eigenvalue weighted by atomic mass is 10.1. The van der Waals surface area contributed by atoms with Gasteiger partial charge < -0.3 is 10.6 Å². The van der Waals surface area contributed by atoms with E-state index >= 15 is 0 Å². The molecule has 0 bridgehead atoms. The number of amidine groups is 1. The number of carbonyl (C=O) groups excluding carboxylic acids is 1. The predicted octanol–water partition coefficient (Wildman–Crippen LogP) is 2.17. The van der Waals surface area contributed by atoms with Crippen molar-refractivity contribution in [2.75, 3.05) is 6.54 Å². The number of likely N-dealkylation sites (tertiary alicyclic amines) is 1. The van der Waals surface area contributed by atoms with E-state index in [-0.39, 0.29) is 22.5 Å². The summed E-state index contributed by atoms with van der Waals surface area (Å²) in [6.07, 6.45) is 3.71. The van der Waals surface area contributed by atoms with E-state index in [0.29, 0.717) is 18.5 Å². The van der Waals surface area contributed by atoms with E-state index in [1.54, 1.807) is 41.6 Å². The molecule has 0 spiro atoms. The molecule has 0 radical (unpaired) electrons. The topological polar surface area (TPSA) is 129 Å². The van der Waals surface area contributed by atoms with Crippen molar-refractivity contribution >= 4 is 33.1 Å². The fourth-order valence-corrected chi connectivity index (χ4v) is 6.04. The molecule has 2 aromatic heterocycles. The molecule has 1 saturated heterocycles. The van der Waals surface area contributed by atoms with Crippen molar-refractivity contribution in [2.45, 2.75) is 23.2 Å². The van der Waals surface area contributed by atoms with Gasteiger partial charge in [-0.2, -0.15) is 4.72 Å². The summed E-state index contributed by atoms with van der Waals surface area (Å²) < 4.78 is 28.4. The van der Waals surface area contributed by atoms with E-state index in [1.807, 2.05) is 18.2 Å². The minimum Gasteiger partial charge on any atom is -0.384 e. The Morgan fingerprint density at radius 3 is 2.77 bits per heavy atom. The monoisotopic (exact) mass is 455 g/mol. The van der Waals surface area contributed by atoms with Crippen LogP contribution in [0.5, 0.6) is 0 Å². The second-order valence-corrected chi connectivity index (χ2v) is 10.2. The zero-order valence-electron chi connectivity index (χ0n) is 16.5. The van der Waals surface area contributed by atoms with E-state index in [2.05, 4.69) is 9.71 Å². The maximum Gasteiger partial charge on any atom is 0.250 e. The Morgan fingerprint density at radius 2 is 2.03 bits per heavy atom. The molecule has 1 fully saturated rings. The van der Waals surface area contributed by atoms with Gasteiger partial charge in [-0.25, -0.2) is 8.42 Å². The summed E-state index contributed by atoms with van der Waals surface area (Å²) in [4.78, 5) is 19.3. The summed E-state index contributed by atoms with van der Waals surface area (Å²) in [6.45, 7) is 0.695. The van der Waals surface area contributed by atoms with Crippen LogP contribution in [0.4, 0.5) is 0 Å². The van der Waals surface area contributed by atoms with Gasteiger partial charge in [0.1, 0.15) is 16.1 Å². The van der Waals surface area contributed by atoms with Crippen LogP contribution in [0.3, 0.4) is 0 Å². The number of amides is 1. The van der Waals surface area contributed by atoms with Crippen LogP contribution in [0.1, 0.15) is 17.5 Å². The zero-order valence-corrected chi connectivity index (χ0v) is 18.1. The van der Waals surface area contributed by atoms with Gasteiger partial charge in [0.25, 0.3) is 10.0 Å². The highest BCUT2D eigenvalue weighted by atomic mass is 32.2. The molecule has 3 heterocycles. The summed E-state index contributed by atoms with van der Waals surface area (Å²) in [5.74, 6) is -0.354. The summed E-state index contributed by atoms with van der Waals surface area (Å²) in [5.41, 5.74) is 7.79. The molecular formula is C21H21N5O3S2. The minimum absolute atomic E-state index is 0.0679. The van der Waals surface area contributed by atoms with Gasteiger partial charge in [0.2, 0.25) is 5.91 Å². The van der Waals surface area contributed by atoms with E-state index in [4.69, 9.17) is 11.1 Å². The summed E-state index contributed by atoms with van der Waals surface area (Å²) in [7, 11) is -3.84. The number of nitrogens with one attached hydrogen (secondary N) is 2. The number of nitrogen functional groups attached to an aromatic ring is 1. The molecule has 4 rings (SSSR count). The number of benzene rings is 1. The molecule has 1 unspecified atom stereocenters. The van der Waals surface area contributed by atoms with Crippen LogP contribution in [0.2, 0.25) is 0 Å². The highest BCUT2D eigenvalue weighted by Gasteiger charge is 2.35. The van der Waals surface area contributed by atoms with Crippen molar-refractivity contribution in [2.24, 2.45) is 5.73 Å². The lowest BCUT2D eigenvalue weighted by Gasteiger charge is -2.19. The van der Waals surface area contributed by atoms with Gasteiger partial charge in [-0.3, -0.25) is 15.2 Å². The maximum absolute atomic E-state index is 12.9. The average molecular weight is 456 g/mol. The second-order valence-electron chi connectivity index (χ2n) is 7.15. The van der Waals surface area contributed by atoms with Crippen molar-refractivity contribution in [3.8, 4) is 10.4 Å². The van der Waals surface area contributed by atoms with Crippen molar-refractivity contribution in [1.82, 2.24) is 14.6 Å². The number of nitrogens with two attached hydrogens (primary N) is 1. The van der Waals surface area contributed by atoms with E-state index in [0.717, 1.165) is 27.3 Å². The molecule has 10 heteroatoms. The molecule has 1 atom stereocenters. The minimum atomic E-state index is -3.84. The SMILES string of the molecule is N=C(N)c1ccccc1CN1CCC(NS(=O)(=O)c2ccc(-c3cccnc3)s2)C1=O. The first-order valence-electron chi connectivity index (χ1n) is 9.59. The maximum atomic E-state index is 12.9. The number of nitrogens with zero attached hydrogens (tertiary/aromatic N) is 2. The lowest BCUT2D eigenvalue weighted by molar-refractivity contribution is -0.129. The standard InChI is InChI=1S/C21H21N5O3S2/c22-20(23)16-6-2-1-4-15(16)13-26-11-9-17(21(26)27)25-31(28,29)19-8-7-18(30-19)14-5-3-10-24-12-14/h1-8,10,12,17,25H,9,11,13H2,(H3,22,23). The highest BCUT2D eigenvalue weighted by Crippen LogP contribution is 2.30. The summed E-state index contributed by atoms with van der Waals surface area (Å²) in [5, 5.41) is 7.70. The number of sulfonamides is 1. The van der Waals surface area contributed by atoms with Gasteiger partial charge in [0.05, 0.1) is 0 Å². The van der Waals surface area contributed by atoms with Crippen molar-refractivity contribution < 1.29 is 13.2 Å². The van der Waals surface area contributed by atoms with Crippen LogP contribution in [-0.4, -0.2) is 42.6 Å². The molecule has 4 N–H and O–H groups in total. The second kappa shape index (κ2) is 8.58. The van der Waals surface area contributed by atoms with Crippen molar-refractivity contribution in [3.05, 3.63) is 72.1 Å². The Hall–Kier alpha value is -3.08. The van der Waals surface area contributed by atoms with Crippen LogP contribution in [-0.2, 0) is 21.4 Å². The van der Waals surface area contributed by atoms with Gasteiger partial charge in [-0.05, 0) is 30.2 Å². The molecule has 0 aliphatic carbocycles. The third kappa shape index (κ3) is 4.50. The third-order valence-electron chi connectivity index (χ3n) is 5.06. The molecule has 160 valence electrons. The summed E-state index contributed by atoms with van der Waals surface area (Å²) in [6, 6.07) is 13.2. The Balaban J connectivity index is 1.46. The van der Waals surface area contributed by atoms with Gasteiger partial charge in [0, 0.05) is 41.5 Å². The molecule has 1 amide bonds. The number of hydrogen-bond acceptors (Lipinski definition) is 6. The highest BCUT2D eigenvalue weighted by molar-refractivity contribution is 7.91. The molecule has 1 aliphatic heterocycles. The number of thiophene rings is 1. The number of aromatic nitrogens is 1. The quantitative estimate of drug-likeness (QED) is 0.371. The number of carbonyl (C=O) groups is 1. The zero-order chi connectivity index (χ0) is 22.0. The third-order valence-corrected chi connectivity index (χ3v) is 8.15. The lowest BCUT2D eigenvalue weighted by Crippen LogP contribution is -2.41. The molecule has 31 heavy (non-hydrogen) atoms. The summed E-state index contributed by atoms with van der Waals surface area (Å²) >= 11 is 1.13. The van der Waals surface area contributed by atoms with Crippen molar-refractivity contribution in [3.63, 3.8) is 0 Å². The molecule has 8 nitrogen and oxygen atoms in total. The first kappa shape index (κ1) is 21.2. The Morgan fingerprint density at radius 1 is 1.23 bits per heavy atom. The molecule has 0 saturated carbocycles. The first-order valence-corrected chi connectivity index (χ1v) is 11.9. The number of hydrogen-bond donors (Lipinski definition) is 3. The van der Waals surface area contributed by atoms with Crippen LogP contribution >= 0.6 is 11.3 Å². The Labute approximate surface area is 184 Å². The van der Waals surface area contributed by atoms with Crippen molar-refractivity contribution in [1.29, 1.82) is 5.41 Å². The van der Waals surface area contributed by atoms with E-state index in [1.165, 1.54) is 6.07 Å². The normalized spacial score (nSPS) is 16.6. The van der Waals surface area contributed by atoms with Gasteiger partial charge in [-0.15, -0.1) is 11.3 Å². The fraction of sp³-hybridized carbons (Fsp3) is 0.190. The van der Waals surface area contributed by atoms with Crippen LogP contribution < -0.4 is 10.5 Å². The molecular weight excluding hydrogens is 434 g/mol. The van der Waals surface area contributed by atoms with Crippen LogP contribution in [0, 0.1) is 5.41 Å². The van der Waals surface area contributed by atoms with Crippen LogP contribution in [0.15, 0.2) is 65.1 Å². The Kier molecular flexibility index (Phi) is 5.86. The van der Waals surface area contributed by atoms with E-state index in [9.17, 15) is 13.2 Å². The Bertz CT molecular complexity index is 1220. The first-order chi connectivity index (χ1) is 14.8. The average Bonchev–Trinajstić information content (AvgIpc) is 3.38. The molecule has 1 aromatic carbocycles. The predicted molar refractivity (Wildman–Crippen MR) is 119 cm³/mol. The van der Waals surface area contributed by atoms with Gasteiger partial charge in [0.15, 0.2) is 0 Å². The number of pyridine rings is 1. The van der Waals surface area contributed by atoms with Gasteiger partial charge in [-0.1, -0.05) is 30.3 Å². The number of rotatable bonds is 7. The fourth-order valence-electron chi connectivity index (χ4n) is 3.51. The largest absolute Gasteiger partial charge is 0.384 e. The van der Waals surface area contributed by atoms with Gasteiger partial charge >= 0.3 is 0 Å². The van der Waals surface area contributed by atoms with Crippen LogP contribution in [0.25, 0.3) is 10.4 Å². The van der Waals surface area contributed by atoms with E-state index < -0.39 is 16.1 Å².